The van der Waals surface area contributed by atoms with E-state index < -0.39 is 6.04 Å². The lowest BCUT2D eigenvalue weighted by molar-refractivity contribution is -0.137. The van der Waals surface area contributed by atoms with Crippen molar-refractivity contribution in [2.45, 2.75) is 36.5 Å². The summed E-state index contributed by atoms with van der Waals surface area (Å²) in [7, 11) is 1.50. The molecule has 1 saturated heterocycles. The van der Waals surface area contributed by atoms with Gasteiger partial charge in [-0.15, -0.1) is 0 Å². The number of amides is 1. The molecule has 1 amide bonds. The van der Waals surface area contributed by atoms with E-state index in [0.29, 0.717) is 24.3 Å². The number of carbonyl (C=O) groups excluding carboxylic acids is 2. The summed E-state index contributed by atoms with van der Waals surface area (Å²) in [6, 6.07) is 10.3. The molecular weight excluding hydrogens is 430 g/mol. The predicted molar refractivity (Wildman–Crippen MR) is 124 cm³/mol. The molecule has 1 atom stereocenters. The zero-order chi connectivity index (χ0) is 23.3. The molecule has 10 heteroatoms. The van der Waals surface area contributed by atoms with Crippen molar-refractivity contribution in [3.05, 3.63) is 47.5 Å². The first kappa shape index (κ1) is 23.9. The molecule has 0 radical (unpaired) electrons. The highest BCUT2D eigenvalue weighted by Crippen LogP contribution is 2.38. The first-order valence-electron chi connectivity index (χ1n) is 10.3. The quantitative estimate of drug-likeness (QED) is 0.305. The van der Waals surface area contributed by atoms with Crippen molar-refractivity contribution in [2.75, 3.05) is 25.5 Å². The molecule has 2 aromatic carbocycles. The van der Waals surface area contributed by atoms with Crippen molar-refractivity contribution >= 4 is 29.8 Å². The molecule has 0 spiro atoms. The average molecular weight is 460 g/mol. The summed E-state index contributed by atoms with van der Waals surface area (Å²) in [5, 5.41) is 22.9. The van der Waals surface area contributed by atoms with Gasteiger partial charge in [-0.1, -0.05) is 6.07 Å². The first-order valence-corrected chi connectivity index (χ1v) is 11.1. The molecule has 1 unspecified atom stereocenters. The average Bonchev–Trinajstić information content (AvgIpc) is 3.15. The smallest absolute Gasteiger partial charge is 0.240 e. The Balaban J connectivity index is 0.00000141. The van der Waals surface area contributed by atoms with E-state index in [-0.39, 0.29) is 29.9 Å². The Kier molecular flexibility index (Phi) is 7.97. The number of likely N-dealkylation sites (tertiary alicyclic amines) is 1. The van der Waals surface area contributed by atoms with Gasteiger partial charge in [-0.25, -0.2) is 4.31 Å². The molecular formula is C22H29N5O4S. The number of hydrogen-bond acceptors (Lipinski definition) is 9. The van der Waals surface area contributed by atoms with Crippen LogP contribution < -0.4 is 16.8 Å². The second kappa shape index (κ2) is 10.7. The number of aromatic hydroxyl groups is 2. The molecule has 0 saturated carbocycles. The number of hydrogen-bond donors (Lipinski definition) is 5. The third-order valence-corrected chi connectivity index (χ3v) is 6.36. The number of aldehydes is 1. The molecule has 4 rings (SSSR count). The fraction of sp³-hybridized carbons (Fsp3) is 0.364. The molecule has 172 valence electrons. The molecule has 9 nitrogen and oxygen atoms in total. The SMILES string of the molecule is CN.NC(CC=O)C(=O)N1CC(Nc2ccc3c(c2)CN(Sc2ccc(O)cc2O)C3)C1. The predicted octanol–water partition coefficient (Wildman–Crippen LogP) is 1.23. The van der Waals surface area contributed by atoms with Gasteiger partial charge in [0.05, 0.1) is 17.0 Å². The standard InChI is InChI=1S/C21H24N4O4S.CH5N/c22-18(5-6-26)21(29)24-11-16(12-24)23-15-2-1-13-9-25(10-14(13)7-15)30-20-4-3-17(27)8-19(20)28;1-2/h1-4,6-8,16,18,23,27-28H,5,9-12,22H2;2H2,1H3. The van der Waals surface area contributed by atoms with E-state index in [9.17, 15) is 19.8 Å². The number of anilines is 1. The Bertz CT molecular complexity index is 967. The maximum Gasteiger partial charge on any atom is 0.240 e. The number of nitrogens with two attached hydrogens (primary N) is 2. The zero-order valence-corrected chi connectivity index (χ0v) is 18.7. The maximum atomic E-state index is 12.1. The van der Waals surface area contributed by atoms with Crippen molar-refractivity contribution in [3.63, 3.8) is 0 Å². The minimum absolute atomic E-state index is 0.0410. The molecule has 2 heterocycles. The molecule has 7 N–H and O–H groups in total. The van der Waals surface area contributed by atoms with Gasteiger partial charge in [-0.2, -0.15) is 0 Å². The van der Waals surface area contributed by atoms with Gasteiger partial charge in [0, 0.05) is 44.4 Å². The third kappa shape index (κ3) is 5.52. The van der Waals surface area contributed by atoms with E-state index in [2.05, 4.69) is 27.5 Å². The van der Waals surface area contributed by atoms with E-state index in [1.54, 1.807) is 17.0 Å². The van der Waals surface area contributed by atoms with Gasteiger partial charge >= 0.3 is 0 Å². The number of nitrogens with zero attached hydrogens (tertiary/aromatic N) is 2. The molecule has 0 bridgehead atoms. The summed E-state index contributed by atoms with van der Waals surface area (Å²) in [6.07, 6.45) is 0.724. The van der Waals surface area contributed by atoms with Crippen molar-refractivity contribution in [1.29, 1.82) is 0 Å². The van der Waals surface area contributed by atoms with Gasteiger partial charge in [0.15, 0.2) is 0 Å². The molecule has 32 heavy (non-hydrogen) atoms. The maximum absolute atomic E-state index is 12.1. The largest absolute Gasteiger partial charge is 0.508 e. The summed E-state index contributed by atoms with van der Waals surface area (Å²) < 4.78 is 2.15. The van der Waals surface area contributed by atoms with E-state index in [4.69, 9.17) is 5.73 Å². The van der Waals surface area contributed by atoms with Crippen LogP contribution in [-0.4, -0.2) is 63.8 Å². The topological polar surface area (TPSA) is 145 Å². The van der Waals surface area contributed by atoms with Gasteiger partial charge < -0.3 is 36.7 Å². The Morgan fingerprint density at radius 3 is 2.59 bits per heavy atom. The molecule has 2 aliphatic rings. The number of phenols is 2. The lowest BCUT2D eigenvalue weighted by Gasteiger charge is -2.41. The number of benzene rings is 2. The van der Waals surface area contributed by atoms with E-state index in [1.807, 2.05) is 6.07 Å². The van der Waals surface area contributed by atoms with Crippen LogP contribution in [0, 0.1) is 0 Å². The summed E-state index contributed by atoms with van der Waals surface area (Å²) in [6.45, 7) is 2.65. The lowest BCUT2D eigenvalue weighted by Crippen LogP contribution is -2.60. The summed E-state index contributed by atoms with van der Waals surface area (Å²) in [4.78, 5) is 25.0. The highest BCUT2D eigenvalue weighted by Gasteiger charge is 2.33. The van der Waals surface area contributed by atoms with Crippen LogP contribution in [0.2, 0.25) is 0 Å². The van der Waals surface area contributed by atoms with Crippen molar-refractivity contribution in [2.24, 2.45) is 11.5 Å². The van der Waals surface area contributed by atoms with Crippen LogP contribution in [-0.2, 0) is 22.7 Å². The van der Waals surface area contributed by atoms with Crippen LogP contribution in [0.4, 0.5) is 5.69 Å². The van der Waals surface area contributed by atoms with Crippen molar-refractivity contribution < 1.29 is 19.8 Å². The van der Waals surface area contributed by atoms with E-state index >= 15 is 0 Å². The van der Waals surface area contributed by atoms with Gasteiger partial charge in [-0.3, -0.25) is 4.79 Å². The first-order chi connectivity index (χ1) is 15.4. The van der Waals surface area contributed by atoms with Gasteiger partial charge in [0.1, 0.15) is 17.8 Å². The Morgan fingerprint density at radius 1 is 1.19 bits per heavy atom. The number of nitrogens with one attached hydrogen (secondary N) is 1. The van der Waals surface area contributed by atoms with Gasteiger partial charge in [-0.05, 0) is 54.4 Å². The fourth-order valence-electron chi connectivity index (χ4n) is 3.66. The number of carbonyl (C=O) groups is 2. The summed E-state index contributed by atoms with van der Waals surface area (Å²) in [5.41, 5.74) is 13.7. The van der Waals surface area contributed by atoms with Gasteiger partial charge in [0.25, 0.3) is 0 Å². The minimum Gasteiger partial charge on any atom is -0.508 e. The van der Waals surface area contributed by atoms with Crippen molar-refractivity contribution in [1.82, 2.24) is 9.21 Å². The van der Waals surface area contributed by atoms with Crippen LogP contribution in [0.3, 0.4) is 0 Å². The zero-order valence-electron chi connectivity index (χ0n) is 17.9. The fourth-order valence-corrected chi connectivity index (χ4v) is 4.63. The van der Waals surface area contributed by atoms with E-state index in [1.165, 1.54) is 36.2 Å². The molecule has 0 aromatic heterocycles. The number of rotatable bonds is 7. The van der Waals surface area contributed by atoms with Crippen molar-refractivity contribution in [3.8, 4) is 11.5 Å². The summed E-state index contributed by atoms with van der Waals surface area (Å²) >= 11 is 1.46. The highest BCUT2D eigenvalue weighted by atomic mass is 32.2. The molecule has 1 fully saturated rings. The van der Waals surface area contributed by atoms with E-state index in [0.717, 1.165) is 18.8 Å². The van der Waals surface area contributed by atoms with Crippen LogP contribution >= 0.6 is 11.9 Å². The Hall–Kier alpha value is -2.79. The molecule has 2 aliphatic heterocycles. The van der Waals surface area contributed by atoms with Crippen LogP contribution in [0.15, 0.2) is 41.3 Å². The second-order valence-electron chi connectivity index (χ2n) is 7.62. The highest BCUT2D eigenvalue weighted by molar-refractivity contribution is 7.97. The van der Waals surface area contributed by atoms with Crippen LogP contribution in [0.25, 0.3) is 0 Å². The molecule has 2 aromatic rings. The minimum atomic E-state index is -0.750. The normalized spacial score (nSPS) is 16.4. The number of phenolic OH excluding ortho intramolecular Hbond substituents is 2. The second-order valence-corrected chi connectivity index (χ2v) is 8.76. The van der Waals surface area contributed by atoms with Crippen LogP contribution in [0.1, 0.15) is 17.5 Å². The Morgan fingerprint density at radius 2 is 1.91 bits per heavy atom. The Labute approximate surface area is 191 Å². The van der Waals surface area contributed by atoms with Crippen LogP contribution in [0.5, 0.6) is 11.5 Å². The summed E-state index contributed by atoms with van der Waals surface area (Å²) in [5.74, 6) is -0.0752. The molecule has 0 aliphatic carbocycles. The number of fused-ring (bicyclic) bond motifs is 1. The monoisotopic (exact) mass is 459 g/mol. The van der Waals surface area contributed by atoms with Gasteiger partial charge in [0.2, 0.25) is 5.91 Å². The third-order valence-electron chi connectivity index (χ3n) is 5.30. The lowest BCUT2D eigenvalue weighted by atomic mass is 10.0.